The number of benzene rings is 2. The van der Waals surface area contributed by atoms with Crippen molar-refractivity contribution < 1.29 is 4.79 Å². The Morgan fingerprint density at radius 3 is 2.54 bits per heavy atom. The second-order valence-electron chi connectivity index (χ2n) is 6.54. The van der Waals surface area contributed by atoms with Gasteiger partial charge in [-0.1, -0.05) is 61.3 Å². The van der Waals surface area contributed by atoms with Gasteiger partial charge in [-0.25, -0.2) is 4.68 Å². The fourth-order valence-electron chi connectivity index (χ4n) is 3.00. The number of ketones is 1. The van der Waals surface area contributed by atoms with Crippen molar-refractivity contribution in [3.8, 4) is 11.3 Å². The maximum absolute atomic E-state index is 13.1. The number of aromatic nitrogens is 2. The number of rotatable bonds is 7. The van der Waals surface area contributed by atoms with E-state index in [9.17, 15) is 9.59 Å². The summed E-state index contributed by atoms with van der Waals surface area (Å²) in [6, 6.07) is 16.5. The van der Waals surface area contributed by atoms with Crippen LogP contribution in [0.4, 0.5) is 11.4 Å². The number of nitrogens with zero attached hydrogens (tertiary/aromatic N) is 2. The van der Waals surface area contributed by atoms with Crippen LogP contribution in [0.5, 0.6) is 0 Å². The Hall–Kier alpha value is -2.92. The molecule has 0 radical (unpaired) electrons. The number of unbranched alkanes of at least 4 members (excludes halogenated alkanes) is 1. The lowest BCUT2D eigenvalue weighted by atomic mass is 10.0. The van der Waals surface area contributed by atoms with Gasteiger partial charge in [0.1, 0.15) is 11.4 Å². The molecule has 1 N–H and O–H groups in total. The van der Waals surface area contributed by atoms with Gasteiger partial charge in [0, 0.05) is 22.8 Å². The van der Waals surface area contributed by atoms with Gasteiger partial charge in [-0.15, -0.1) is 0 Å². The highest BCUT2D eigenvalue weighted by Gasteiger charge is 2.22. The second-order valence-corrected chi connectivity index (χ2v) is 6.97. The van der Waals surface area contributed by atoms with Crippen LogP contribution >= 0.6 is 11.6 Å². The summed E-state index contributed by atoms with van der Waals surface area (Å²) in [6.07, 6.45) is 1.75. The minimum Gasteiger partial charge on any atom is -0.350 e. The molecule has 0 amide bonds. The number of hydrogen-bond donors (Lipinski definition) is 1. The minimum absolute atomic E-state index is 0.222. The lowest BCUT2D eigenvalue weighted by Crippen LogP contribution is -2.28. The van der Waals surface area contributed by atoms with Crippen molar-refractivity contribution in [3.63, 3.8) is 0 Å². The summed E-state index contributed by atoms with van der Waals surface area (Å²) in [7, 11) is 0. The SMILES string of the molecule is CCCCn1nc(-c2ccccc2)c(C(C)=O)c(Nc2cccc(Cl)c2)c1=O. The van der Waals surface area contributed by atoms with Crippen molar-refractivity contribution in [2.45, 2.75) is 33.2 Å². The van der Waals surface area contributed by atoms with Crippen molar-refractivity contribution in [3.05, 3.63) is 75.5 Å². The van der Waals surface area contributed by atoms with Crippen LogP contribution in [0.3, 0.4) is 0 Å². The lowest BCUT2D eigenvalue weighted by molar-refractivity contribution is 0.101. The number of nitrogens with one attached hydrogen (secondary N) is 1. The van der Waals surface area contributed by atoms with Gasteiger partial charge in [-0.2, -0.15) is 5.10 Å². The van der Waals surface area contributed by atoms with Crippen LogP contribution in [0.25, 0.3) is 11.3 Å². The van der Waals surface area contributed by atoms with Gasteiger partial charge in [0.25, 0.3) is 5.56 Å². The van der Waals surface area contributed by atoms with E-state index in [-0.39, 0.29) is 22.6 Å². The van der Waals surface area contributed by atoms with Crippen LogP contribution in [-0.4, -0.2) is 15.6 Å². The van der Waals surface area contributed by atoms with Crippen molar-refractivity contribution in [1.82, 2.24) is 9.78 Å². The third kappa shape index (κ3) is 4.31. The number of carbonyl (C=O) groups is 1. The van der Waals surface area contributed by atoms with E-state index in [1.54, 1.807) is 24.3 Å². The van der Waals surface area contributed by atoms with Gasteiger partial charge in [0.05, 0.1) is 5.56 Å². The highest BCUT2D eigenvalue weighted by Crippen LogP contribution is 2.28. The van der Waals surface area contributed by atoms with E-state index < -0.39 is 0 Å². The van der Waals surface area contributed by atoms with E-state index in [4.69, 9.17) is 11.6 Å². The maximum atomic E-state index is 13.1. The molecule has 28 heavy (non-hydrogen) atoms. The molecule has 1 aromatic heterocycles. The Bertz CT molecular complexity index is 1050. The first kappa shape index (κ1) is 19.8. The fraction of sp³-hybridized carbons (Fsp3) is 0.227. The highest BCUT2D eigenvalue weighted by molar-refractivity contribution is 6.30. The monoisotopic (exact) mass is 395 g/mol. The van der Waals surface area contributed by atoms with E-state index in [1.165, 1.54) is 11.6 Å². The first-order chi connectivity index (χ1) is 13.5. The highest BCUT2D eigenvalue weighted by atomic mass is 35.5. The topological polar surface area (TPSA) is 64.0 Å². The Morgan fingerprint density at radius 2 is 1.89 bits per heavy atom. The Balaban J connectivity index is 2.25. The predicted octanol–water partition coefficient (Wildman–Crippen LogP) is 5.31. The number of Topliss-reactive ketones (excluding diaryl/α,β-unsaturated/α-hetero) is 1. The fourth-order valence-corrected chi connectivity index (χ4v) is 3.19. The molecule has 3 aromatic rings. The normalized spacial score (nSPS) is 10.7. The summed E-state index contributed by atoms with van der Waals surface area (Å²) in [6.45, 7) is 3.98. The summed E-state index contributed by atoms with van der Waals surface area (Å²) in [5, 5.41) is 8.19. The van der Waals surface area contributed by atoms with Crippen LogP contribution in [-0.2, 0) is 6.54 Å². The van der Waals surface area contributed by atoms with E-state index in [0.717, 1.165) is 18.4 Å². The zero-order valence-corrected chi connectivity index (χ0v) is 16.7. The van der Waals surface area contributed by atoms with Gasteiger partial charge in [-0.05, 0) is 31.5 Å². The molecule has 1 heterocycles. The molecule has 0 aliphatic rings. The second kappa shape index (κ2) is 8.85. The minimum atomic E-state index is -0.321. The number of anilines is 2. The van der Waals surface area contributed by atoms with E-state index in [0.29, 0.717) is 22.9 Å². The summed E-state index contributed by atoms with van der Waals surface area (Å²) in [4.78, 5) is 25.7. The number of aryl methyl sites for hydroxylation is 1. The molecule has 0 fully saturated rings. The van der Waals surface area contributed by atoms with Gasteiger partial charge < -0.3 is 5.32 Å². The molecule has 3 rings (SSSR count). The van der Waals surface area contributed by atoms with E-state index in [2.05, 4.69) is 17.3 Å². The molecule has 0 aliphatic heterocycles. The zero-order valence-electron chi connectivity index (χ0n) is 15.9. The van der Waals surface area contributed by atoms with Crippen LogP contribution in [0.2, 0.25) is 5.02 Å². The van der Waals surface area contributed by atoms with E-state index in [1.807, 2.05) is 30.3 Å². The summed E-state index contributed by atoms with van der Waals surface area (Å²) < 4.78 is 1.44. The molecule has 0 unspecified atom stereocenters. The third-order valence-electron chi connectivity index (χ3n) is 4.37. The molecular formula is C22H22ClN3O2. The molecular weight excluding hydrogens is 374 g/mol. The molecule has 0 saturated heterocycles. The Labute approximate surface area is 169 Å². The summed E-state index contributed by atoms with van der Waals surface area (Å²) in [5.41, 5.74) is 2.10. The standard InChI is InChI=1S/C22H22ClN3O2/c1-3-4-13-26-22(28)21(24-18-12-8-11-17(23)14-18)19(15(2)27)20(25-26)16-9-6-5-7-10-16/h5-12,14,24H,3-4,13H2,1-2H3. The van der Waals surface area contributed by atoms with Crippen LogP contribution in [0.15, 0.2) is 59.4 Å². The average molecular weight is 396 g/mol. The van der Waals surface area contributed by atoms with E-state index >= 15 is 0 Å². The van der Waals surface area contributed by atoms with Crippen molar-refractivity contribution in [2.75, 3.05) is 5.32 Å². The maximum Gasteiger partial charge on any atom is 0.291 e. The average Bonchev–Trinajstić information content (AvgIpc) is 2.69. The molecule has 144 valence electrons. The van der Waals surface area contributed by atoms with Gasteiger partial charge in [0.2, 0.25) is 0 Å². The van der Waals surface area contributed by atoms with Crippen LogP contribution in [0.1, 0.15) is 37.0 Å². The number of carbonyl (C=O) groups excluding carboxylic acids is 1. The Kier molecular flexibility index (Phi) is 6.26. The lowest BCUT2D eigenvalue weighted by Gasteiger charge is -2.17. The zero-order chi connectivity index (χ0) is 20.1. The quantitative estimate of drug-likeness (QED) is 0.550. The van der Waals surface area contributed by atoms with Crippen molar-refractivity contribution in [1.29, 1.82) is 0 Å². The largest absolute Gasteiger partial charge is 0.350 e. The molecule has 2 aromatic carbocycles. The number of hydrogen-bond acceptors (Lipinski definition) is 4. The van der Waals surface area contributed by atoms with Crippen LogP contribution < -0.4 is 10.9 Å². The molecule has 0 aliphatic carbocycles. The first-order valence-electron chi connectivity index (χ1n) is 9.25. The predicted molar refractivity (Wildman–Crippen MR) is 114 cm³/mol. The van der Waals surface area contributed by atoms with Gasteiger partial charge >= 0.3 is 0 Å². The van der Waals surface area contributed by atoms with Gasteiger partial charge in [-0.3, -0.25) is 9.59 Å². The smallest absolute Gasteiger partial charge is 0.291 e. The molecule has 0 bridgehead atoms. The Morgan fingerprint density at radius 1 is 1.14 bits per heavy atom. The van der Waals surface area contributed by atoms with Crippen molar-refractivity contribution >= 4 is 28.8 Å². The molecule has 0 saturated carbocycles. The summed E-state index contributed by atoms with van der Waals surface area (Å²) >= 11 is 6.08. The molecule has 5 nitrogen and oxygen atoms in total. The van der Waals surface area contributed by atoms with Crippen LogP contribution in [0, 0.1) is 0 Å². The molecule has 6 heteroatoms. The number of halogens is 1. The molecule has 0 atom stereocenters. The molecule has 0 spiro atoms. The first-order valence-corrected chi connectivity index (χ1v) is 9.63. The third-order valence-corrected chi connectivity index (χ3v) is 4.61. The van der Waals surface area contributed by atoms with Gasteiger partial charge in [0.15, 0.2) is 5.78 Å². The van der Waals surface area contributed by atoms with Crippen molar-refractivity contribution in [2.24, 2.45) is 0 Å². The summed E-state index contributed by atoms with van der Waals surface area (Å²) in [5.74, 6) is -0.226.